The summed E-state index contributed by atoms with van der Waals surface area (Å²) in [5.41, 5.74) is -1.14. The predicted octanol–water partition coefficient (Wildman–Crippen LogP) is 1.02. The van der Waals surface area contributed by atoms with E-state index in [-0.39, 0.29) is 11.9 Å². The number of hydrogen-bond donors (Lipinski definition) is 3. The standard InChI is InChI=1S/C14H25N3O3/c1-10(17-7-3-4-8-17)9-15-13(20)16-14(2,12(18)19)11-5-6-11/h10-11H,3-9H2,1-2H3,(H,18,19)(H2,15,16,20). The summed E-state index contributed by atoms with van der Waals surface area (Å²) >= 11 is 0. The zero-order chi connectivity index (χ0) is 14.8. The van der Waals surface area contributed by atoms with Gasteiger partial charge in [-0.05, 0) is 58.5 Å². The van der Waals surface area contributed by atoms with Crippen LogP contribution in [0.1, 0.15) is 39.5 Å². The average Bonchev–Trinajstić information content (AvgIpc) is 3.12. The highest BCUT2D eigenvalue weighted by atomic mass is 16.4. The lowest BCUT2D eigenvalue weighted by Crippen LogP contribution is -2.57. The van der Waals surface area contributed by atoms with E-state index in [1.54, 1.807) is 6.92 Å². The van der Waals surface area contributed by atoms with Gasteiger partial charge in [0.25, 0.3) is 0 Å². The minimum atomic E-state index is -1.14. The molecule has 114 valence electrons. The molecular weight excluding hydrogens is 258 g/mol. The molecule has 1 heterocycles. The van der Waals surface area contributed by atoms with Crippen LogP contribution in [-0.4, -0.2) is 53.2 Å². The van der Waals surface area contributed by atoms with Gasteiger partial charge in [0.05, 0.1) is 0 Å². The second-order valence-electron chi connectivity index (χ2n) is 6.21. The van der Waals surface area contributed by atoms with Crippen LogP contribution in [-0.2, 0) is 4.79 Å². The molecule has 0 radical (unpaired) electrons. The molecule has 20 heavy (non-hydrogen) atoms. The van der Waals surface area contributed by atoms with Gasteiger partial charge in [0.2, 0.25) is 0 Å². The quantitative estimate of drug-likeness (QED) is 0.680. The number of nitrogens with zero attached hydrogens (tertiary/aromatic N) is 1. The van der Waals surface area contributed by atoms with Gasteiger partial charge in [-0.1, -0.05) is 0 Å². The Labute approximate surface area is 119 Å². The summed E-state index contributed by atoms with van der Waals surface area (Å²) in [7, 11) is 0. The molecule has 6 nitrogen and oxygen atoms in total. The van der Waals surface area contributed by atoms with Gasteiger partial charge in [0.1, 0.15) is 5.54 Å². The highest BCUT2D eigenvalue weighted by molar-refractivity contribution is 5.86. The van der Waals surface area contributed by atoms with Crippen molar-refractivity contribution in [2.75, 3.05) is 19.6 Å². The molecule has 2 amide bonds. The number of hydrogen-bond acceptors (Lipinski definition) is 3. The van der Waals surface area contributed by atoms with Crippen molar-refractivity contribution in [3.05, 3.63) is 0 Å². The third-order valence-corrected chi connectivity index (χ3v) is 4.53. The number of rotatable bonds is 6. The van der Waals surface area contributed by atoms with E-state index >= 15 is 0 Å². The van der Waals surface area contributed by atoms with Crippen molar-refractivity contribution in [3.8, 4) is 0 Å². The number of carboxylic acids is 1. The summed E-state index contributed by atoms with van der Waals surface area (Å²) < 4.78 is 0. The monoisotopic (exact) mass is 283 g/mol. The van der Waals surface area contributed by atoms with Crippen molar-refractivity contribution in [1.82, 2.24) is 15.5 Å². The molecule has 1 aliphatic heterocycles. The fourth-order valence-corrected chi connectivity index (χ4v) is 2.82. The highest BCUT2D eigenvalue weighted by Crippen LogP contribution is 2.39. The summed E-state index contributed by atoms with van der Waals surface area (Å²) in [6.07, 6.45) is 4.17. The summed E-state index contributed by atoms with van der Waals surface area (Å²) in [4.78, 5) is 25.6. The number of nitrogens with one attached hydrogen (secondary N) is 2. The topological polar surface area (TPSA) is 81.7 Å². The predicted molar refractivity (Wildman–Crippen MR) is 75.6 cm³/mol. The van der Waals surface area contributed by atoms with Crippen molar-refractivity contribution in [3.63, 3.8) is 0 Å². The van der Waals surface area contributed by atoms with E-state index in [1.807, 2.05) is 0 Å². The average molecular weight is 283 g/mol. The Morgan fingerprint density at radius 3 is 2.45 bits per heavy atom. The van der Waals surface area contributed by atoms with Crippen LogP contribution in [0.3, 0.4) is 0 Å². The number of aliphatic carboxylic acids is 1. The SMILES string of the molecule is CC(CNC(=O)NC(C)(C(=O)O)C1CC1)N1CCCC1. The van der Waals surface area contributed by atoms with Crippen LogP contribution >= 0.6 is 0 Å². The Balaban J connectivity index is 1.78. The molecule has 2 aliphatic rings. The molecule has 2 fully saturated rings. The molecule has 2 atom stereocenters. The van der Waals surface area contributed by atoms with Gasteiger partial charge < -0.3 is 15.7 Å². The molecule has 1 aliphatic carbocycles. The van der Waals surface area contributed by atoms with E-state index in [0.29, 0.717) is 12.6 Å². The summed E-state index contributed by atoms with van der Waals surface area (Å²) in [6, 6.07) is -0.0897. The largest absolute Gasteiger partial charge is 0.480 e. The zero-order valence-electron chi connectivity index (χ0n) is 12.3. The van der Waals surface area contributed by atoms with Crippen LogP contribution in [0.2, 0.25) is 0 Å². The van der Waals surface area contributed by atoms with Gasteiger partial charge in [-0.2, -0.15) is 0 Å². The minimum Gasteiger partial charge on any atom is -0.480 e. The minimum absolute atomic E-state index is 0.0572. The molecule has 2 unspecified atom stereocenters. The Morgan fingerprint density at radius 1 is 1.35 bits per heavy atom. The zero-order valence-corrected chi connectivity index (χ0v) is 12.3. The molecule has 6 heteroatoms. The molecule has 0 aromatic rings. The molecule has 2 rings (SSSR count). The van der Waals surface area contributed by atoms with Crippen LogP contribution in [0.15, 0.2) is 0 Å². The second-order valence-corrected chi connectivity index (χ2v) is 6.21. The van der Waals surface area contributed by atoms with Gasteiger partial charge in [-0.3, -0.25) is 4.90 Å². The maximum atomic E-state index is 11.9. The van der Waals surface area contributed by atoms with Crippen molar-refractivity contribution in [2.45, 2.75) is 51.1 Å². The first kappa shape index (κ1) is 15.1. The lowest BCUT2D eigenvalue weighted by atomic mass is 9.96. The summed E-state index contributed by atoms with van der Waals surface area (Å²) in [6.45, 7) is 6.39. The van der Waals surface area contributed by atoms with Gasteiger partial charge in [0, 0.05) is 12.6 Å². The van der Waals surface area contributed by atoms with E-state index in [9.17, 15) is 14.7 Å². The molecule has 3 N–H and O–H groups in total. The summed E-state index contributed by atoms with van der Waals surface area (Å²) in [5.74, 6) is -0.899. The van der Waals surface area contributed by atoms with Gasteiger partial charge >= 0.3 is 12.0 Å². The molecule has 0 aromatic carbocycles. The van der Waals surface area contributed by atoms with Gasteiger partial charge in [-0.15, -0.1) is 0 Å². The number of carbonyl (C=O) groups excluding carboxylic acids is 1. The van der Waals surface area contributed by atoms with E-state index in [1.165, 1.54) is 12.8 Å². The van der Waals surface area contributed by atoms with E-state index < -0.39 is 11.5 Å². The van der Waals surface area contributed by atoms with Crippen LogP contribution in [0.25, 0.3) is 0 Å². The first-order chi connectivity index (χ1) is 9.43. The van der Waals surface area contributed by atoms with Crippen LogP contribution < -0.4 is 10.6 Å². The van der Waals surface area contributed by atoms with Crippen LogP contribution in [0, 0.1) is 5.92 Å². The van der Waals surface area contributed by atoms with Crippen LogP contribution in [0.5, 0.6) is 0 Å². The Bertz CT molecular complexity index is 378. The number of likely N-dealkylation sites (tertiary alicyclic amines) is 1. The maximum Gasteiger partial charge on any atom is 0.329 e. The third-order valence-electron chi connectivity index (χ3n) is 4.53. The van der Waals surface area contributed by atoms with Crippen molar-refractivity contribution >= 4 is 12.0 Å². The highest BCUT2D eigenvalue weighted by Gasteiger charge is 2.48. The van der Waals surface area contributed by atoms with Crippen molar-refractivity contribution < 1.29 is 14.7 Å². The fourth-order valence-electron chi connectivity index (χ4n) is 2.82. The Morgan fingerprint density at radius 2 is 1.95 bits per heavy atom. The molecule has 0 bridgehead atoms. The van der Waals surface area contributed by atoms with E-state index in [2.05, 4.69) is 22.5 Å². The number of carbonyl (C=O) groups is 2. The Hall–Kier alpha value is -1.30. The number of amides is 2. The third kappa shape index (κ3) is 3.42. The lowest BCUT2D eigenvalue weighted by Gasteiger charge is -2.28. The van der Waals surface area contributed by atoms with Crippen LogP contribution in [0.4, 0.5) is 4.79 Å². The van der Waals surface area contributed by atoms with E-state index in [0.717, 1.165) is 25.9 Å². The smallest absolute Gasteiger partial charge is 0.329 e. The normalized spacial score (nSPS) is 23.9. The fraction of sp³-hybridized carbons (Fsp3) is 0.857. The molecule has 0 aromatic heterocycles. The molecule has 0 spiro atoms. The first-order valence-electron chi connectivity index (χ1n) is 7.47. The van der Waals surface area contributed by atoms with Gasteiger partial charge in [-0.25, -0.2) is 9.59 Å². The maximum absolute atomic E-state index is 11.9. The second kappa shape index (κ2) is 5.99. The Kier molecular flexibility index (Phi) is 4.52. The molecular formula is C14H25N3O3. The molecule has 1 saturated carbocycles. The molecule has 1 saturated heterocycles. The number of carboxylic acid groups (broad SMARTS) is 1. The lowest BCUT2D eigenvalue weighted by molar-refractivity contribution is -0.144. The van der Waals surface area contributed by atoms with Crippen molar-refractivity contribution in [2.24, 2.45) is 5.92 Å². The van der Waals surface area contributed by atoms with Crippen molar-refractivity contribution in [1.29, 1.82) is 0 Å². The first-order valence-corrected chi connectivity index (χ1v) is 7.47. The summed E-state index contributed by atoms with van der Waals surface area (Å²) in [5, 5.41) is 14.7. The number of urea groups is 1. The van der Waals surface area contributed by atoms with E-state index in [4.69, 9.17) is 0 Å². The van der Waals surface area contributed by atoms with Gasteiger partial charge in [0.15, 0.2) is 0 Å².